The highest BCUT2D eigenvalue weighted by atomic mass is 35.5. The van der Waals surface area contributed by atoms with E-state index in [1.807, 2.05) is 0 Å². The van der Waals surface area contributed by atoms with Crippen LogP contribution >= 0.6 is 23.2 Å². The molecule has 7 nitrogen and oxygen atoms in total. The Balaban J connectivity index is 2.08. The van der Waals surface area contributed by atoms with Gasteiger partial charge in [0.25, 0.3) is 0 Å². The maximum absolute atomic E-state index is 8.58. The second kappa shape index (κ2) is 8.09. The van der Waals surface area contributed by atoms with E-state index in [1.165, 1.54) is 0 Å². The monoisotopic (exact) mass is 343 g/mol. The molecule has 0 aliphatic carbocycles. The molecule has 118 valence electrons. The normalized spacial score (nSPS) is 10.7. The minimum absolute atomic E-state index is 0.0138. The van der Waals surface area contributed by atoms with Gasteiger partial charge in [-0.25, -0.2) is 0 Å². The van der Waals surface area contributed by atoms with Crippen molar-refractivity contribution in [3.8, 4) is 11.3 Å². The van der Waals surface area contributed by atoms with E-state index in [4.69, 9.17) is 38.8 Å². The zero-order valence-corrected chi connectivity index (χ0v) is 13.1. The van der Waals surface area contributed by atoms with Crippen molar-refractivity contribution in [1.82, 2.24) is 15.2 Å². The minimum Gasteiger partial charge on any atom is -0.394 e. The maximum Gasteiger partial charge on any atom is 0.244 e. The van der Waals surface area contributed by atoms with Crippen molar-refractivity contribution in [2.45, 2.75) is 0 Å². The Hall–Kier alpha value is -1.67. The lowest BCUT2D eigenvalue weighted by atomic mass is 10.1. The molecule has 0 radical (unpaired) electrons. The summed E-state index contributed by atoms with van der Waals surface area (Å²) in [5, 5.41) is 20.2. The van der Waals surface area contributed by atoms with Crippen molar-refractivity contribution in [3.05, 3.63) is 28.2 Å². The van der Waals surface area contributed by atoms with Crippen molar-refractivity contribution in [2.24, 2.45) is 0 Å². The summed E-state index contributed by atoms with van der Waals surface area (Å²) in [6, 6.07) is 5.16. The predicted molar refractivity (Wildman–Crippen MR) is 86.1 cm³/mol. The Labute approximate surface area is 137 Å². The average molecular weight is 344 g/mol. The zero-order valence-electron chi connectivity index (χ0n) is 11.6. The molecule has 0 aliphatic heterocycles. The van der Waals surface area contributed by atoms with Crippen LogP contribution in [0.2, 0.25) is 10.0 Å². The van der Waals surface area contributed by atoms with Gasteiger partial charge in [-0.1, -0.05) is 35.3 Å². The summed E-state index contributed by atoms with van der Waals surface area (Å²) < 4.78 is 5.10. The van der Waals surface area contributed by atoms with Crippen LogP contribution in [0.3, 0.4) is 0 Å². The Morgan fingerprint density at radius 2 is 2.05 bits per heavy atom. The quantitative estimate of drug-likeness (QED) is 0.658. The minimum atomic E-state index is -0.0138. The van der Waals surface area contributed by atoms with Crippen molar-refractivity contribution in [1.29, 1.82) is 0 Å². The number of benzene rings is 1. The zero-order chi connectivity index (χ0) is 15.9. The number of hydrogen-bond acceptors (Lipinski definition) is 7. The van der Waals surface area contributed by atoms with Crippen LogP contribution in [-0.4, -0.2) is 46.7 Å². The second-order valence-corrected chi connectivity index (χ2v) is 5.02. The number of anilines is 2. The molecule has 22 heavy (non-hydrogen) atoms. The predicted octanol–water partition coefficient (Wildman–Crippen LogP) is 1.85. The van der Waals surface area contributed by atoms with Gasteiger partial charge in [0.15, 0.2) is 5.82 Å². The molecule has 9 heteroatoms. The number of aromatic nitrogens is 3. The topological polar surface area (TPSA) is 106 Å². The Morgan fingerprint density at radius 1 is 1.23 bits per heavy atom. The molecule has 0 bridgehead atoms. The fraction of sp³-hybridized carbons (Fsp3) is 0.308. The van der Waals surface area contributed by atoms with Crippen LogP contribution < -0.4 is 11.1 Å². The molecule has 0 atom stereocenters. The van der Waals surface area contributed by atoms with Crippen molar-refractivity contribution in [2.75, 3.05) is 37.4 Å². The number of nitrogens with zero attached hydrogens (tertiary/aromatic N) is 3. The highest BCUT2D eigenvalue weighted by Gasteiger charge is 2.13. The van der Waals surface area contributed by atoms with E-state index in [-0.39, 0.29) is 25.0 Å². The SMILES string of the molecule is Nc1nc(NCCOCCO)nnc1-c1cccc(Cl)c1Cl. The van der Waals surface area contributed by atoms with Gasteiger partial charge < -0.3 is 20.9 Å². The van der Waals surface area contributed by atoms with E-state index in [9.17, 15) is 0 Å². The average Bonchev–Trinajstić information content (AvgIpc) is 2.50. The van der Waals surface area contributed by atoms with Crippen molar-refractivity contribution in [3.63, 3.8) is 0 Å². The first kappa shape index (κ1) is 16.7. The molecule has 0 saturated carbocycles. The summed E-state index contributed by atoms with van der Waals surface area (Å²) in [7, 11) is 0. The van der Waals surface area contributed by atoms with E-state index in [2.05, 4.69) is 20.5 Å². The summed E-state index contributed by atoms with van der Waals surface area (Å²) in [5.74, 6) is 0.477. The van der Waals surface area contributed by atoms with Gasteiger partial charge in [-0.15, -0.1) is 10.2 Å². The number of rotatable bonds is 7. The molecular weight excluding hydrogens is 329 g/mol. The van der Waals surface area contributed by atoms with Crippen LogP contribution in [0.15, 0.2) is 18.2 Å². The molecule has 0 fully saturated rings. The van der Waals surface area contributed by atoms with Crippen LogP contribution in [0.25, 0.3) is 11.3 Å². The lowest BCUT2D eigenvalue weighted by molar-refractivity contribution is 0.0991. The number of aliphatic hydroxyl groups is 1. The highest BCUT2D eigenvalue weighted by molar-refractivity contribution is 6.43. The van der Waals surface area contributed by atoms with E-state index in [0.717, 1.165) is 0 Å². The molecule has 0 saturated heterocycles. The van der Waals surface area contributed by atoms with Crippen LogP contribution in [0.5, 0.6) is 0 Å². The summed E-state index contributed by atoms with van der Waals surface area (Å²) in [6.45, 7) is 1.15. The third kappa shape index (κ3) is 4.17. The first-order valence-electron chi connectivity index (χ1n) is 6.50. The van der Waals surface area contributed by atoms with Crippen LogP contribution in [0.1, 0.15) is 0 Å². The lowest BCUT2D eigenvalue weighted by Crippen LogP contribution is -2.14. The summed E-state index contributed by atoms with van der Waals surface area (Å²) in [4.78, 5) is 4.12. The highest BCUT2D eigenvalue weighted by Crippen LogP contribution is 2.34. The summed E-state index contributed by atoms with van der Waals surface area (Å²) in [6.07, 6.45) is 0. The number of nitrogen functional groups attached to an aromatic ring is 1. The van der Waals surface area contributed by atoms with E-state index in [1.54, 1.807) is 18.2 Å². The smallest absolute Gasteiger partial charge is 0.244 e. The summed E-state index contributed by atoms with van der Waals surface area (Å²) >= 11 is 12.1. The third-order valence-electron chi connectivity index (χ3n) is 2.69. The molecule has 2 aromatic rings. The van der Waals surface area contributed by atoms with Gasteiger partial charge in [0, 0.05) is 12.1 Å². The number of nitrogens with one attached hydrogen (secondary N) is 1. The molecule has 0 aliphatic rings. The lowest BCUT2D eigenvalue weighted by Gasteiger charge is -2.09. The molecule has 0 spiro atoms. The summed E-state index contributed by atoms with van der Waals surface area (Å²) in [5.41, 5.74) is 6.85. The standard InChI is InChI=1S/C13H15Cl2N5O2/c14-9-3-1-2-8(10(9)15)11-12(16)18-13(20-19-11)17-4-6-22-7-5-21/h1-3,21H,4-7H2,(H3,16,17,18,20). The first-order valence-corrected chi connectivity index (χ1v) is 7.26. The first-order chi connectivity index (χ1) is 10.6. The Kier molecular flexibility index (Phi) is 6.14. The number of halogens is 2. The molecule has 0 unspecified atom stereocenters. The number of ether oxygens (including phenoxy) is 1. The number of hydrogen-bond donors (Lipinski definition) is 3. The van der Waals surface area contributed by atoms with Gasteiger partial charge >= 0.3 is 0 Å². The van der Waals surface area contributed by atoms with E-state index >= 15 is 0 Å². The van der Waals surface area contributed by atoms with Gasteiger partial charge in [0.1, 0.15) is 5.69 Å². The van der Waals surface area contributed by atoms with Gasteiger partial charge in [0.05, 0.1) is 29.9 Å². The largest absolute Gasteiger partial charge is 0.394 e. The molecule has 1 heterocycles. The van der Waals surface area contributed by atoms with Crippen molar-refractivity contribution >= 4 is 35.0 Å². The van der Waals surface area contributed by atoms with Gasteiger partial charge in [0.2, 0.25) is 5.95 Å². The van der Waals surface area contributed by atoms with Gasteiger partial charge in [-0.3, -0.25) is 0 Å². The Bertz CT molecular complexity index is 642. The Morgan fingerprint density at radius 3 is 2.77 bits per heavy atom. The van der Waals surface area contributed by atoms with E-state index < -0.39 is 0 Å². The number of nitrogens with two attached hydrogens (primary N) is 1. The molecule has 2 rings (SSSR count). The fourth-order valence-corrected chi connectivity index (χ4v) is 2.08. The molecular formula is C13H15Cl2N5O2. The van der Waals surface area contributed by atoms with Crippen LogP contribution in [-0.2, 0) is 4.74 Å². The molecule has 1 aromatic carbocycles. The number of aliphatic hydroxyl groups excluding tert-OH is 1. The van der Waals surface area contributed by atoms with E-state index in [0.29, 0.717) is 34.5 Å². The fourth-order valence-electron chi connectivity index (χ4n) is 1.69. The van der Waals surface area contributed by atoms with Crippen molar-refractivity contribution < 1.29 is 9.84 Å². The molecule has 0 amide bonds. The maximum atomic E-state index is 8.58. The second-order valence-electron chi connectivity index (χ2n) is 4.23. The van der Waals surface area contributed by atoms with Gasteiger partial charge in [-0.05, 0) is 6.07 Å². The molecule has 4 N–H and O–H groups in total. The van der Waals surface area contributed by atoms with Crippen LogP contribution in [0, 0.1) is 0 Å². The van der Waals surface area contributed by atoms with Crippen LogP contribution in [0.4, 0.5) is 11.8 Å². The molecule has 1 aromatic heterocycles. The third-order valence-corrected chi connectivity index (χ3v) is 3.50. The van der Waals surface area contributed by atoms with Gasteiger partial charge in [-0.2, -0.15) is 4.98 Å².